The van der Waals surface area contributed by atoms with E-state index in [4.69, 9.17) is 16.3 Å². The lowest BCUT2D eigenvalue weighted by Crippen LogP contribution is -2.21. The summed E-state index contributed by atoms with van der Waals surface area (Å²) >= 11 is 6.07. The molecule has 1 saturated carbocycles. The lowest BCUT2D eigenvalue weighted by Gasteiger charge is -2.12. The molecule has 2 aromatic heterocycles. The maximum Gasteiger partial charge on any atom is 0.343 e. The number of nitrogens with zero attached hydrogens (tertiary/aromatic N) is 2. The van der Waals surface area contributed by atoms with Gasteiger partial charge in [0.25, 0.3) is 0 Å². The van der Waals surface area contributed by atoms with Crippen LogP contribution in [0.3, 0.4) is 0 Å². The van der Waals surface area contributed by atoms with Gasteiger partial charge >= 0.3 is 5.97 Å². The first-order valence-corrected chi connectivity index (χ1v) is 7.29. The van der Waals surface area contributed by atoms with Crippen LogP contribution in [-0.2, 0) is 4.74 Å². The van der Waals surface area contributed by atoms with Gasteiger partial charge in [0.05, 0.1) is 12.0 Å². The number of fused-ring (bicyclic) bond motifs is 1. The second kappa shape index (κ2) is 5.15. The van der Waals surface area contributed by atoms with Crippen LogP contribution >= 0.6 is 11.6 Å². The normalized spacial score (nSPS) is 14.4. The van der Waals surface area contributed by atoms with E-state index in [1.165, 1.54) is 0 Å². The van der Waals surface area contributed by atoms with Gasteiger partial charge < -0.3 is 9.30 Å². The number of halogens is 1. The van der Waals surface area contributed by atoms with E-state index in [0.29, 0.717) is 21.7 Å². The largest absolute Gasteiger partial charge is 0.462 e. The number of ether oxygens (including phenoxy) is 1. The molecule has 3 rings (SSSR count). The maximum atomic E-state index is 12.5. The van der Waals surface area contributed by atoms with Crippen LogP contribution in [0.25, 0.3) is 11.0 Å². The van der Waals surface area contributed by atoms with Crippen molar-refractivity contribution in [3.05, 3.63) is 38.8 Å². The van der Waals surface area contributed by atoms with E-state index >= 15 is 0 Å². The van der Waals surface area contributed by atoms with Crippen LogP contribution in [0.4, 0.5) is 0 Å². The van der Waals surface area contributed by atoms with Crippen molar-refractivity contribution in [2.45, 2.75) is 32.7 Å². The minimum absolute atomic E-state index is 0.0553. The zero-order valence-corrected chi connectivity index (χ0v) is 12.6. The first-order chi connectivity index (χ1) is 10.0. The molecule has 1 aliphatic carbocycles. The molecule has 0 bridgehead atoms. The molecule has 0 unspecified atom stereocenters. The second-order valence-corrected chi connectivity index (χ2v) is 5.56. The first-order valence-electron chi connectivity index (χ1n) is 6.92. The highest BCUT2D eigenvalue weighted by molar-refractivity contribution is 6.30. The third kappa shape index (κ3) is 2.42. The van der Waals surface area contributed by atoms with E-state index in [-0.39, 0.29) is 23.6 Å². The van der Waals surface area contributed by atoms with Gasteiger partial charge in [-0.05, 0) is 38.3 Å². The predicted molar refractivity (Wildman–Crippen MR) is 80.0 cm³/mol. The molecule has 0 radical (unpaired) electrons. The molecular weight excluding hydrogens is 292 g/mol. The maximum absolute atomic E-state index is 12.5. The summed E-state index contributed by atoms with van der Waals surface area (Å²) in [6, 6.07) is 1.96. The van der Waals surface area contributed by atoms with E-state index < -0.39 is 5.97 Å². The molecule has 0 aromatic carbocycles. The van der Waals surface area contributed by atoms with Crippen molar-refractivity contribution in [1.29, 1.82) is 0 Å². The number of carbonyl (C=O) groups excluding carboxylic acids is 1. The molecule has 110 valence electrons. The molecule has 0 N–H and O–H groups in total. The average Bonchev–Trinajstić information content (AvgIpc) is 3.26. The van der Waals surface area contributed by atoms with Gasteiger partial charge in [-0.3, -0.25) is 4.79 Å². The van der Waals surface area contributed by atoms with Crippen LogP contribution in [0, 0.1) is 6.92 Å². The molecule has 1 aliphatic rings. The van der Waals surface area contributed by atoms with Gasteiger partial charge in [-0.15, -0.1) is 0 Å². The summed E-state index contributed by atoms with van der Waals surface area (Å²) in [6.45, 7) is 3.73. The fourth-order valence-electron chi connectivity index (χ4n) is 2.34. The number of esters is 1. The first kappa shape index (κ1) is 14.1. The van der Waals surface area contributed by atoms with E-state index in [2.05, 4.69) is 4.98 Å². The summed E-state index contributed by atoms with van der Waals surface area (Å²) in [5.41, 5.74) is 0.947. The summed E-state index contributed by atoms with van der Waals surface area (Å²) in [7, 11) is 0. The number of aryl methyl sites for hydroxylation is 1. The van der Waals surface area contributed by atoms with E-state index in [1.54, 1.807) is 26.1 Å². The van der Waals surface area contributed by atoms with Crippen molar-refractivity contribution < 1.29 is 9.53 Å². The van der Waals surface area contributed by atoms with Gasteiger partial charge in [-0.2, -0.15) is 0 Å². The molecule has 2 aromatic rings. The van der Waals surface area contributed by atoms with Crippen LogP contribution in [0.5, 0.6) is 0 Å². The topological polar surface area (TPSA) is 61.2 Å². The minimum atomic E-state index is -0.591. The molecule has 1 fully saturated rings. The lowest BCUT2D eigenvalue weighted by atomic mass is 10.1. The highest BCUT2D eigenvalue weighted by atomic mass is 35.5. The Bertz CT molecular complexity index is 794. The summed E-state index contributed by atoms with van der Waals surface area (Å²) in [5.74, 6) is -0.591. The fourth-order valence-corrected chi connectivity index (χ4v) is 2.47. The molecule has 0 saturated heterocycles. The van der Waals surface area contributed by atoms with Crippen molar-refractivity contribution >= 4 is 28.6 Å². The molecule has 21 heavy (non-hydrogen) atoms. The Morgan fingerprint density at radius 2 is 2.24 bits per heavy atom. The number of hydrogen-bond donors (Lipinski definition) is 0. The van der Waals surface area contributed by atoms with Crippen molar-refractivity contribution in [3.8, 4) is 0 Å². The van der Waals surface area contributed by atoms with Gasteiger partial charge in [0.1, 0.15) is 16.4 Å². The molecular formula is C15H15ClN2O3. The van der Waals surface area contributed by atoms with Gasteiger partial charge in [0, 0.05) is 12.2 Å². The zero-order chi connectivity index (χ0) is 15.1. The number of pyridine rings is 2. The van der Waals surface area contributed by atoms with Gasteiger partial charge in [-0.1, -0.05) is 11.6 Å². The van der Waals surface area contributed by atoms with E-state index in [0.717, 1.165) is 12.8 Å². The van der Waals surface area contributed by atoms with E-state index in [9.17, 15) is 9.59 Å². The van der Waals surface area contributed by atoms with Crippen LogP contribution in [0.15, 0.2) is 17.1 Å². The van der Waals surface area contributed by atoms with Crippen LogP contribution in [-0.4, -0.2) is 22.1 Å². The molecule has 0 atom stereocenters. The van der Waals surface area contributed by atoms with Crippen LogP contribution in [0.1, 0.15) is 41.7 Å². The Morgan fingerprint density at radius 3 is 2.86 bits per heavy atom. The summed E-state index contributed by atoms with van der Waals surface area (Å²) in [4.78, 5) is 28.8. The Labute approximate surface area is 126 Å². The van der Waals surface area contributed by atoms with Gasteiger partial charge in [0.15, 0.2) is 0 Å². The van der Waals surface area contributed by atoms with Crippen LogP contribution < -0.4 is 5.43 Å². The van der Waals surface area contributed by atoms with Crippen molar-refractivity contribution in [2.75, 3.05) is 6.61 Å². The molecule has 5 nitrogen and oxygen atoms in total. The molecule has 0 spiro atoms. The molecule has 2 heterocycles. The standard InChI is InChI=1S/C15H15ClN2O3/c1-3-21-15(20)11-7-18(9-4-5-9)14-10(12(11)19)6-8(2)13(16)17-14/h6-7,9H,3-5H2,1-2H3. The van der Waals surface area contributed by atoms with Gasteiger partial charge in [0.2, 0.25) is 5.43 Å². The third-order valence-electron chi connectivity index (χ3n) is 3.57. The number of rotatable bonds is 3. The highest BCUT2D eigenvalue weighted by Crippen LogP contribution is 2.37. The number of aromatic nitrogens is 2. The smallest absolute Gasteiger partial charge is 0.343 e. The Hall–Kier alpha value is -1.88. The third-order valence-corrected chi connectivity index (χ3v) is 3.95. The lowest BCUT2D eigenvalue weighted by molar-refractivity contribution is 0.0524. The van der Waals surface area contributed by atoms with Crippen molar-refractivity contribution in [2.24, 2.45) is 0 Å². The summed E-state index contributed by atoms with van der Waals surface area (Å²) < 4.78 is 6.84. The molecule has 6 heteroatoms. The van der Waals surface area contributed by atoms with E-state index in [1.807, 2.05) is 4.57 Å². The second-order valence-electron chi connectivity index (χ2n) is 5.20. The summed E-state index contributed by atoms with van der Waals surface area (Å²) in [6.07, 6.45) is 3.57. The predicted octanol–water partition coefficient (Wildman–Crippen LogP) is 2.87. The zero-order valence-electron chi connectivity index (χ0n) is 11.9. The Balaban J connectivity index is 2.31. The average molecular weight is 307 g/mol. The number of hydrogen-bond acceptors (Lipinski definition) is 4. The Kier molecular flexibility index (Phi) is 3.45. The summed E-state index contributed by atoms with van der Waals surface area (Å²) in [5, 5.41) is 0.787. The van der Waals surface area contributed by atoms with Crippen LogP contribution in [0.2, 0.25) is 5.15 Å². The van der Waals surface area contributed by atoms with Crippen molar-refractivity contribution in [3.63, 3.8) is 0 Å². The number of carbonyl (C=O) groups is 1. The Morgan fingerprint density at radius 1 is 1.52 bits per heavy atom. The minimum Gasteiger partial charge on any atom is -0.462 e. The van der Waals surface area contributed by atoms with Gasteiger partial charge in [-0.25, -0.2) is 9.78 Å². The SMILES string of the molecule is CCOC(=O)c1cn(C2CC2)c2nc(Cl)c(C)cc2c1=O. The van der Waals surface area contributed by atoms with Crippen molar-refractivity contribution in [1.82, 2.24) is 9.55 Å². The molecule has 0 amide bonds. The molecule has 0 aliphatic heterocycles. The monoisotopic (exact) mass is 306 g/mol. The highest BCUT2D eigenvalue weighted by Gasteiger charge is 2.28. The quantitative estimate of drug-likeness (QED) is 0.646. The fraction of sp³-hybridized carbons (Fsp3) is 0.400.